The Morgan fingerprint density at radius 3 is 2.76 bits per heavy atom. The Morgan fingerprint density at radius 1 is 1.47 bits per heavy atom. The molecule has 0 aromatic carbocycles. The third-order valence-electron chi connectivity index (χ3n) is 3.21. The quantitative estimate of drug-likeness (QED) is 0.754. The molecule has 0 radical (unpaired) electrons. The number of aliphatic imine (C=N–C) groups is 1. The van der Waals surface area contributed by atoms with Gasteiger partial charge in [0, 0.05) is 12.6 Å². The van der Waals surface area contributed by atoms with Gasteiger partial charge in [0.2, 0.25) is 0 Å². The average Bonchev–Trinajstić information content (AvgIpc) is 2.67. The zero-order chi connectivity index (χ0) is 12.3. The second-order valence-electron chi connectivity index (χ2n) is 4.28. The smallest absolute Gasteiger partial charge is 0.317 e. The van der Waals surface area contributed by atoms with Crippen LogP contribution in [0.2, 0.25) is 0 Å². The first-order valence-corrected chi connectivity index (χ1v) is 6.30. The highest BCUT2D eigenvalue weighted by molar-refractivity contribution is 6.14. The Balaban J connectivity index is 2.20. The van der Waals surface area contributed by atoms with Gasteiger partial charge in [-0.25, -0.2) is 4.79 Å². The van der Waals surface area contributed by atoms with Crippen LogP contribution in [-0.2, 0) is 0 Å². The molecule has 5 heteroatoms. The van der Waals surface area contributed by atoms with Crippen LogP contribution in [0.15, 0.2) is 16.8 Å². The lowest BCUT2D eigenvalue weighted by Crippen LogP contribution is -2.43. The van der Waals surface area contributed by atoms with Crippen molar-refractivity contribution < 1.29 is 4.79 Å². The number of rotatable bonds is 2. The topological polar surface area (TPSA) is 56.7 Å². The zero-order valence-electron chi connectivity index (χ0n) is 10.5. The Labute approximate surface area is 102 Å². The maximum Gasteiger partial charge on any atom is 0.327 e. The molecule has 2 saturated heterocycles. The van der Waals surface area contributed by atoms with Crippen molar-refractivity contribution in [1.29, 1.82) is 0 Å². The number of piperidine rings is 1. The van der Waals surface area contributed by atoms with Gasteiger partial charge in [-0.05, 0) is 39.8 Å². The first-order chi connectivity index (χ1) is 8.27. The van der Waals surface area contributed by atoms with Crippen LogP contribution in [0.3, 0.4) is 0 Å². The molecule has 2 aliphatic rings. The Hall–Kier alpha value is -1.36. The minimum Gasteiger partial charge on any atom is -0.317 e. The van der Waals surface area contributed by atoms with E-state index in [2.05, 4.69) is 15.6 Å². The van der Waals surface area contributed by atoms with Crippen LogP contribution >= 0.6 is 0 Å². The van der Waals surface area contributed by atoms with Gasteiger partial charge in [-0.15, -0.1) is 0 Å². The van der Waals surface area contributed by atoms with Crippen molar-refractivity contribution in [1.82, 2.24) is 15.5 Å². The van der Waals surface area contributed by atoms with E-state index in [-0.39, 0.29) is 6.03 Å². The fraction of sp³-hybridized carbons (Fsp3) is 0.667. The van der Waals surface area contributed by atoms with E-state index in [1.54, 1.807) is 0 Å². The summed E-state index contributed by atoms with van der Waals surface area (Å²) in [4.78, 5) is 18.2. The molecule has 0 spiro atoms. The Kier molecular flexibility index (Phi) is 3.78. The molecule has 17 heavy (non-hydrogen) atoms. The summed E-state index contributed by atoms with van der Waals surface area (Å²) in [5.41, 5.74) is 0.934. The summed E-state index contributed by atoms with van der Waals surface area (Å²) in [5.74, 6) is 0.721. The molecule has 0 saturated carbocycles. The molecule has 0 aliphatic carbocycles. The van der Waals surface area contributed by atoms with Crippen molar-refractivity contribution >= 4 is 11.9 Å². The maximum atomic E-state index is 12.0. The first kappa shape index (κ1) is 12.1. The molecule has 5 nitrogen and oxygen atoms in total. The highest BCUT2D eigenvalue weighted by Crippen LogP contribution is 2.22. The van der Waals surface area contributed by atoms with Crippen molar-refractivity contribution in [3.8, 4) is 0 Å². The summed E-state index contributed by atoms with van der Waals surface area (Å²) in [5, 5.41) is 6.17. The maximum absolute atomic E-state index is 12.0. The molecule has 94 valence electrons. The van der Waals surface area contributed by atoms with Crippen LogP contribution in [-0.4, -0.2) is 42.4 Å². The Morgan fingerprint density at radius 2 is 2.18 bits per heavy atom. The summed E-state index contributed by atoms with van der Waals surface area (Å²) in [7, 11) is 0. The van der Waals surface area contributed by atoms with E-state index >= 15 is 0 Å². The highest BCUT2D eigenvalue weighted by atomic mass is 16.2. The summed E-state index contributed by atoms with van der Waals surface area (Å²) >= 11 is 0. The van der Waals surface area contributed by atoms with Gasteiger partial charge in [-0.1, -0.05) is 6.08 Å². The van der Waals surface area contributed by atoms with Crippen molar-refractivity contribution in [2.24, 2.45) is 4.99 Å². The molecule has 2 heterocycles. The van der Waals surface area contributed by atoms with Crippen molar-refractivity contribution in [2.75, 3.05) is 19.6 Å². The number of amides is 2. The van der Waals surface area contributed by atoms with E-state index < -0.39 is 0 Å². The number of amidine groups is 1. The number of hydrogen-bond donors (Lipinski definition) is 2. The average molecular weight is 236 g/mol. The van der Waals surface area contributed by atoms with Gasteiger partial charge in [0.15, 0.2) is 5.84 Å². The standard InChI is InChI=1S/C12H20N4O/c1-3-10-11(14-4-2)15-12(17)16(10)9-5-7-13-8-6-9/h3,9,13H,4-8H2,1-2H3,(H,14,15,17)/b10-3+. The SMILES string of the molecule is C/C=C1\C(=NCC)NC(=O)N1C1CCNCC1. The van der Waals surface area contributed by atoms with E-state index in [0.29, 0.717) is 12.6 Å². The molecule has 2 N–H and O–H groups in total. The van der Waals surface area contributed by atoms with Crippen LogP contribution in [0.4, 0.5) is 4.79 Å². The van der Waals surface area contributed by atoms with Gasteiger partial charge in [0.05, 0.1) is 5.70 Å². The van der Waals surface area contributed by atoms with Gasteiger partial charge >= 0.3 is 6.03 Å². The van der Waals surface area contributed by atoms with Crippen molar-refractivity contribution in [3.05, 3.63) is 11.8 Å². The molecule has 2 amide bonds. The molecule has 2 fully saturated rings. The molecular weight excluding hydrogens is 216 g/mol. The van der Waals surface area contributed by atoms with Crippen LogP contribution in [0, 0.1) is 0 Å². The minimum atomic E-state index is -0.0304. The van der Waals surface area contributed by atoms with E-state index in [9.17, 15) is 4.79 Å². The monoisotopic (exact) mass is 236 g/mol. The summed E-state index contributed by atoms with van der Waals surface area (Å²) in [6, 6.07) is 0.268. The van der Waals surface area contributed by atoms with Gasteiger partial charge in [0.1, 0.15) is 0 Å². The van der Waals surface area contributed by atoms with Gasteiger partial charge < -0.3 is 5.32 Å². The number of nitrogens with one attached hydrogen (secondary N) is 2. The van der Waals surface area contributed by atoms with Crippen LogP contribution in [0.25, 0.3) is 0 Å². The lowest BCUT2D eigenvalue weighted by molar-refractivity contribution is 0.196. The fourth-order valence-corrected chi connectivity index (χ4v) is 2.43. The molecule has 0 aromatic rings. The van der Waals surface area contributed by atoms with Gasteiger partial charge in [-0.2, -0.15) is 0 Å². The number of hydrogen-bond acceptors (Lipinski definition) is 3. The Bertz CT molecular complexity index is 356. The fourth-order valence-electron chi connectivity index (χ4n) is 2.43. The zero-order valence-corrected chi connectivity index (χ0v) is 10.5. The second kappa shape index (κ2) is 5.31. The van der Waals surface area contributed by atoms with Gasteiger partial charge in [-0.3, -0.25) is 15.2 Å². The predicted molar refractivity (Wildman–Crippen MR) is 68.0 cm³/mol. The minimum absolute atomic E-state index is 0.0304. The van der Waals surface area contributed by atoms with Crippen molar-refractivity contribution in [2.45, 2.75) is 32.7 Å². The predicted octanol–water partition coefficient (Wildman–Crippen LogP) is 1.09. The number of carbonyl (C=O) groups is 1. The largest absolute Gasteiger partial charge is 0.327 e. The molecular formula is C12H20N4O. The lowest BCUT2D eigenvalue weighted by Gasteiger charge is -2.30. The normalized spacial score (nSPS) is 26.9. The van der Waals surface area contributed by atoms with E-state index in [4.69, 9.17) is 0 Å². The summed E-state index contributed by atoms with van der Waals surface area (Å²) < 4.78 is 0. The van der Waals surface area contributed by atoms with E-state index in [1.807, 2.05) is 24.8 Å². The molecule has 0 aromatic heterocycles. The molecule has 2 aliphatic heterocycles. The number of nitrogens with zero attached hydrogens (tertiary/aromatic N) is 2. The van der Waals surface area contributed by atoms with E-state index in [0.717, 1.165) is 37.5 Å². The third-order valence-corrected chi connectivity index (χ3v) is 3.21. The highest BCUT2D eigenvalue weighted by Gasteiger charge is 2.36. The number of allylic oxidation sites excluding steroid dienone is 1. The van der Waals surface area contributed by atoms with Crippen LogP contribution in [0.5, 0.6) is 0 Å². The molecule has 2 rings (SSSR count). The van der Waals surface area contributed by atoms with Crippen LogP contribution in [0.1, 0.15) is 26.7 Å². The van der Waals surface area contributed by atoms with E-state index in [1.165, 1.54) is 0 Å². The number of carbonyl (C=O) groups excluding carboxylic acids is 1. The van der Waals surface area contributed by atoms with Crippen LogP contribution < -0.4 is 10.6 Å². The lowest BCUT2D eigenvalue weighted by atomic mass is 10.0. The summed E-state index contributed by atoms with van der Waals surface area (Å²) in [6.45, 7) is 6.57. The van der Waals surface area contributed by atoms with Crippen molar-refractivity contribution in [3.63, 3.8) is 0 Å². The summed E-state index contributed by atoms with van der Waals surface area (Å²) in [6.07, 6.45) is 3.97. The third kappa shape index (κ3) is 2.34. The van der Waals surface area contributed by atoms with Gasteiger partial charge in [0.25, 0.3) is 0 Å². The molecule has 0 unspecified atom stereocenters. The number of urea groups is 1. The molecule has 0 bridgehead atoms. The second-order valence-corrected chi connectivity index (χ2v) is 4.28. The first-order valence-electron chi connectivity index (χ1n) is 6.30. The molecule has 0 atom stereocenters.